The van der Waals surface area contributed by atoms with Gasteiger partial charge in [-0.15, -0.1) is 0 Å². The highest BCUT2D eigenvalue weighted by Crippen LogP contribution is 2.39. The van der Waals surface area contributed by atoms with Crippen LogP contribution in [0.4, 0.5) is 0 Å². The van der Waals surface area contributed by atoms with Crippen LogP contribution in [0.2, 0.25) is 0 Å². The zero-order valence-electron chi connectivity index (χ0n) is 18.2. The zero-order chi connectivity index (χ0) is 18.9. The third kappa shape index (κ3) is 6.65. The molecule has 0 aliphatic heterocycles. The van der Waals surface area contributed by atoms with E-state index in [1.165, 1.54) is 96.3 Å². The Labute approximate surface area is 169 Å². The summed E-state index contributed by atoms with van der Waals surface area (Å²) in [4.78, 5) is 0. The molecule has 0 radical (unpaired) electrons. The first-order valence-electron chi connectivity index (χ1n) is 12.4. The molecular formula is C27H44. The molecule has 0 aromatic heterocycles. The molecule has 0 bridgehead atoms. The molecule has 0 nitrogen and oxygen atoms in total. The Morgan fingerprint density at radius 1 is 0.630 bits per heavy atom. The number of hydrogen-bond donors (Lipinski definition) is 0. The van der Waals surface area contributed by atoms with Gasteiger partial charge in [-0.05, 0) is 73.3 Å². The Morgan fingerprint density at radius 2 is 1.11 bits per heavy atom. The maximum atomic E-state index is 2.48. The van der Waals surface area contributed by atoms with E-state index in [4.69, 9.17) is 0 Å². The summed E-state index contributed by atoms with van der Waals surface area (Å²) in [7, 11) is 0. The molecule has 1 aromatic carbocycles. The summed E-state index contributed by atoms with van der Waals surface area (Å²) in [5, 5.41) is 0. The van der Waals surface area contributed by atoms with Crippen molar-refractivity contribution in [3.8, 4) is 0 Å². The summed E-state index contributed by atoms with van der Waals surface area (Å²) in [6.07, 6.45) is 21.7. The van der Waals surface area contributed by atoms with Gasteiger partial charge in [0.2, 0.25) is 0 Å². The second-order valence-electron chi connectivity index (χ2n) is 9.90. The van der Waals surface area contributed by atoms with Crippen LogP contribution in [0.25, 0.3) is 0 Å². The van der Waals surface area contributed by atoms with Crippen molar-refractivity contribution in [3.05, 3.63) is 35.4 Å². The highest BCUT2D eigenvalue weighted by Gasteiger charge is 2.23. The van der Waals surface area contributed by atoms with E-state index in [1.54, 1.807) is 11.1 Å². The maximum absolute atomic E-state index is 2.48. The zero-order valence-corrected chi connectivity index (χ0v) is 18.2. The van der Waals surface area contributed by atoms with Gasteiger partial charge in [-0.1, -0.05) is 95.9 Å². The number of rotatable bonds is 9. The predicted octanol–water partition coefficient (Wildman–Crippen LogP) is 9.00. The first-order chi connectivity index (χ1) is 13.3. The van der Waals surface area contributed by atoms with Gasteiger partial charge in [0, 0.05) is 0 Å². The smallest absolute Gasteiger partial charge is 0.0162 e. The van der Waals surface area contributed by atoms with Crippen molar-refractivity contribution in [2.45, 2.75) is 122 Å². The van der Waals surface area contributed by atoms with Gasteiger partial charge in [0.1, 0.15) is 0 Å². The van der Waals surface area contributed by atoms with E-state index < -0.39 is 0 Å². The fourth-order valence-electron chi connectivity index (χ4n) is 5.63. The average molecular weight is 369 g/mol. The Bertz CT molecular complexity index is 497. The molecule has 2 saturated carbocycles. The fourth-order valence-corrected chi connectivity index (χ4v) is 5.63. The van der Waals surface area contributed by atoms with Gasteiger partial charge in [0.15, 0.2) is 0 Å². The first-order valence-corrected chi connectivity index (χ1v) is 12.4. The largest absolute Gasteiger partial charge is 0.0654 e. The van der Waals surface area contributed by atoms with Crippen LogP contribution in [-0.2, 0) is 0 Å². The van der Waals surface area contributed by atoms with E-state index in [9.17, 15) is 0 Å². The molecule has 0 N–H and O–H groups in total. The molecule has 3 rings (SSSR count). The van der Waals surface area contributed by atoms with E-state index in [0.717, 1.165) is 23.7 Å². The van der Waals surface area contributed by atoms with E-state index >= 15 is 0 Å². The lowest BCUT2D eigenvalue weighted by Gasteiger charge is -2.30. The van der Waals surface area contributed by atoms with Gasteiger partial charge in [0.25, 0.3) is 0 Å². The summed E-state index contributed by atoms with van der Waals surface area (Å²) < 4.78 is 0. The number of unbranched alkanes of at least 4 members (excludes halogenated alkanes) is 5. The van der Waals surface area contributed by atoms with Crippen molar-refractivity contribution in [1.82, 2.24) is 0 Å². The van der Waals surface area contributed by atoms with Crippen molar-refractivity contribution >= 4 is 0 Å². The maximum Gasteiger partial charge on any atom is -0.0162 e. The van der Waals surface area contributed by atoms with E-state index in [2.05, 4.69) is 38.1 Å². The minimum atomic E-state index is 0.836. The SMILES string of the molecule is CCCCCCCC[C@H]1CC[C@H](c2ccc([C@H]3CC[C@H](C)CC3)cc2)CC1. The average Bonchev–Trinajstić information content (AvgIpc) is 2.72. The highest BCUT2D eigenvalue weighted by atomic mass is 14.3. The van der Waals surface area contributed by atoms with Crippen molar-refractivity contribution in [1.29, 1.82) is 0 Å². The molecule has 2 aliphatic rings. The summed E-state index contributed by atoms with van der Waals surface area (Å²) in [5.74, 6) is 3.65. The summed E-state index contributed by atoms with van der Waals surface area (Å²) in [6, 6.07) is 9.90. The minimum absolute atomic E-state index is 0.836. The lowest BCUT2D eigenvalue weighted by atomic mass is 9.76. The van der Waals surface area contributed by atoms with Crippen molar-refractivity contribution in [2.75, 3.05) is 0 Å². The predicted molar refractivity (Wildman–Crippen MR) is 120 cm³/mol. The molecule has 0 atom stereocenters. The lowest BCUT2D eigenvalue weighted by Crippen LogP contribution is -2.14. The first kappa shape index (κ1) is 20.9. The van der Waals surface area contributed by atoms with Gasteiger partial charge >= 0.3 is 0 Å². The van der Waals surface area contributed by atoms with Crippen LogP contribution in [-0.4, -0.2) is 0 Å². The summed E-state index contributed by atoms with van der Waals surface area (Å²) >= 11 is 0. The molecule has 27 heavy (non-hydrogen) atoms. The third-order valence-electron chi connectivity index (χ3n) is 7.71. The van der Waals surface area contributed by atoms with Crippen molar-refractivity contribution in [3.63, 3.8) is 0 Å². The molecule has 1 aromatic rings. The molecular weight excluding hydrogens is 324 g/mol. The van der Waals surface area contributed by atoms with Crippen LogP contribution in [0.1, 0.15) is 133 Å². The third-order valence-corrected chi connectivity index (χ3v) is 7.71. The van der Waals surface area contributed by atoms with E-state index in [1.807, 2.05) is 0 Å². The van der Waals surface area contributed by atoms with Crippen LogP contribution in [0, 0.1) is 11.8 Å². The van der Waals surface area contributed by atoms with Gasteiger partial charge in [-0.25, -0.2) is 0 Å². The standard InChI is InChI=1S/C27H44/c1-3-4-5-6-7-8-9-23-12-16-25(17-13-23)27-20-18-26(19-21-27)24-14-10-22(2)11-15-24/h18-25H,3-17H2,1-2H3/t22-,23-,24-,25-. The van der Waals surface area contributed by atoms with Crippen molar-refractivity contribution < 1.29 is 0 Å². The molecule has 0 amide bonds. The van der Waals surface area contributed by atoms with E-state index in [0.29, 0.717) is 0 Å². The molecule has 152 valence electrons. The number of benzene rings is 1. The molecule has 2 fully saturated rings. The molecule has 0 heterocycles. The van der Waals surface area contributed by atoms with Crippen molar-refractivity contribution in [2.24, 2.45) is 11.8 Å². The number of hydrogen-bond acceptors (Lipinski definition) is 0. The fraction of sp³-hybridized carbons (Fsp3) is 0.778. The molecule has 0 spiro atoms. The summed E-state index contributed by atoms with van der Waals surface area (Å²) in [6.45, 7) is 4.73. The topological polar surface area (TPSA) is 0 Å². The van der Waals surface area contributed by atoms with Gasteiger partial charge in [-0.3, -0.25) is 0 Å². The second kappa shape index (κ2) is 11.3. The lowest BCUT2D eigenvalue weighted by molar-refractivity contribution is 0.301. The second-order valence-corrected chi connectivity index (χ2v) is 9.90. The van der Waals surface area contributed by atoms with Gasteiger partial charge in [0.05, 0.1) is 0 Å². The van der Waals surface area contributed by atoms with Crippen LogP contribution in [0.5, 0.6) is 0 Å². The van der Waals surface area contributed by atoms with Crippen LogP contribution in [0.3, 0.4) is 0 Å². The van der Waals surface area contributed by atoms with Crippen LogP contribution >= 0.6 is 0 Å². The highest BCUT2D eigenvalue weighted by molar-refractivity contribution is 5.28. The molecule has 0 heteroatoms. The Balaban J connectivity index is 1.37. The monoisotopic (exact) mass is 368 g/mol. The normalized spacial score (nSPS) is 29.0. The van der Waals surface area contributed by atoms with Gasteiger partial charge in [-0.2, -0.15) is 0 Å². The summed E-state index contributed by atoms with van der Waals surface area (Å²) in [5.41, 5.74) is 3.24. The molecule has 0 unspecified atom stereocenters. The Kier molecular flexibility index (Phi) is 8.75. The van der Waals surface area contributed by atoms with Gasteiger partial charge < -0.3 is 0 Å². The minimum Gasteiger partial charge on any atom is -0.0654 e. The molecule has 0 saturated heterocycles. The quantitative estimate of drug-likeness (QED) is 0.381. The van der Waals surface area contributed by atoms with Crippen LogP contribution < -0.4 is 0 Å². The molecule has 2 aliphatic carbocycles. The van der Waals surface area contributed by atoms with E-state index in [-0.39, 0.29) is 0 Å². The van der Waals surface area contributed by atoms with Crippen LogP contribution in [0.15, 0.2) is 24.3 Å². The Morgan fingerprint density at radius 3 is 1.67 bits per heavy atom. The Hall–Kier alpha value is -0.780.